The third-order valence-corrected chi connectivity index (χ3v) is 24.8. The molecule has 0 bridgehead atoms. The minimum absolute atomic E-state index is 0.0940. The summed E-state index contributed by atoms with van der Waals surface area (Å²) in [5.74, 6) is -0.590. The van der Waals surface area contributed by atoms with Crippen molar-refractivity contribution in [3.8, 4) is 0 Å². The number of allylic oxidation sites excluding steroid dienone is 2. The van der Waals surface area contributed by atoms with Crippen LogP contribution >= 0.6 is 0 Å². The molecule has 6 saturated heterocycles. The van der Waals surface area contributed by atoms with Gasteiger partial charge in [-0.15, -0.1) is 0 Å². The predicted octanol–water partition coefficient (Wildman–Crippen LogP) is -4.08. The Hall–Kier alpha value is -1.91. The number of aliphatic hydroxyl groups excluding tert-OH is 17. The second kappa shape index (κ2) is 27.5. The Labute approximate surface area is 545 Å². The van der Waals surface area contributed by atoms with Crippen molar-refractivity contribution in [2.45, 2.75) is 298 Å². The van der Waals surface area contributed by atoms with Crippen molar-refractivity contribution in [2.75, 3.05) is 33.0 Å². The molecule has 30 heteroatoms. The van der Waals surface area contributed by atoms with Gasteiger partial charge in [-0.05, 0) is 116 Å². The van der Waals surface area contributed by atoms with Crippen molar-refractivity contribution < 1.29 is 148 Å². The van der Waals surface area contributed by atoms with E-state index in [2.05, 4.69) is 54.5 Å². The lowest BCUT2D eigenvalue weighted by Crippen LogP contribution is -2.66. The number of aliphatic hydroxyl groups is 17. The van der Waals surface area contributed by atoms with Crippen LogP contribution in [0.5, 0.6) is 0 Å². The molecule has 0 amide bonds. The molecule has 94 heavy (non-hydrogen) atoms. The van der Waals surface area contributed by atoms with E-state index in [4.69, 9.17) is 56.8 Å². The van der Waals surface area contributed by atoms with Crippen LogP contribution in [0.25, 0.3) is 0 Å². The smallest absolute Gasteiger partial charge is 0.315 e. The first kappa shape index (κ1) is 73.3. The molecule has 5 aliphatic carbocycles. The van der Waals surface area contributed by atoms with Crippen LogP contribution in [0.3, 0.4) is 0 Å². The first-order valence-electron chi connectivity index (χ1n) is 33.5. The molecular formula is C64H104O30. The van der Waals surface area contributed by atoms with Gasteiger partial charge in [-0.25, -0.2) is 0 Å². The fourth-order valence-electron chi connectivity index (χ4n) is 18.7. The van der Waals surface area contributed by atoms with Gasteiger partial charge in [0.05, 0.1) is 50.7 Å². The Bertz CT molecular complexity index is 2640. The van der Waals surface area contributed by atoms with Crippen LogP contribution in [-0.2, 0) is 61.6 Å². The Balaban J connectivity index is 0.756. The maximum Gasteiger partial charge on any atom is 0.315 e. The Morgan fingerprint density at radius 3 is 1.73 bits per heavy atom. The largest absolute Gasteiger partial charge is 0.432 e. The number of carbonyl (C=O) groups is 1. The zero-order chi connectivity index (χ0) is 68.4. The highest BCUT2D eigenvalue weighted by Crippen LogP contribution is 2.76. The molecule has 0 aromatic rings. The molecule has 540 valence electrons. The third kappa shape index (κ3) is 12.6. The van der Waals surface area contributed by atoms with Gasteiger partial charge in [-0.3, -0.25) is 4.79 Å². The molecule has 0 aromatic carbocycles. The highest BCUT2D eigenvalue weighted by molar-refractivity contribution is 5.79. The van der Waals surface area contributed by atoms with E-state index in [1.807, 2.05) is 0 Å². The Morgan fingerprint density at radius 1 is 0.511 bits per heavy atom. The van der Waals surface area contributed by atoms with Gasteiger partial charge in [0.25, 0.3) is 0 Å². The third-order valence-electron chi connectivity index (χ3n) is 24.8. The molecule has 0 unspecified atom stereocenters. The first-order chi connectivity index (χ1) is 44.1. The zero-order valence-corrected chi connectivity index (χ0v) is 54.6. The molecule has 17 N–H and O–H groups in total. The SMILES string of the molecule is C[C@@H]1O[C@@H](O[C@H]2[C@H](O[C@H]3CC[C@]4(C)[C@H]5CC=C6[C@@H]7CC(C)(C)CC[C@]7(C(=O)O[C@@H]7O[C@H](CO[C@@H]8O[C@H](CO)[C@@H](O)[C@H](O)[C@H]8O)[C@@H](O)[C@H](O)[C@H]7O)CC[C@@]6(C)[C@]5(C)CC[C@H]4C3(C)C)OC[C@H](O)[C@@H]2O)[C@H](O)[C@H](O[C@@H]2OC[C@@H](O[C@@H]3O[C@H](CO)[C@@H](O)[C@H](O)[C@H]3O)[C@H](O)[C@H]2O)[C@H]1O. The summed E-state index contributed by atoms with van der Waals surface area (Å²) < 4.78 is 71.3. The topological polar surface area (TPSA) is 472 Å². The molecule has 30 nitrogen and oxygen atoms in total. The van der Waals surface area contributed by atoms with E-state index in [1.54, 1.807) is 0 Å². The summed E-state index contributed by atoms with van der Waals surface area (Å²) in [4.78, 5) is 15.2. The standard InChI is InChI=1S/C64H104O30/c1-25-36(68)50(92-53-45(77)41(73)32(24-85-53)89-54-47(79)43(75)39(71)30(21-66)88-54)49(81)56(86-25)93-51-37(69)28(67)22-83-57(51)91-35-12-13-61(6)33(60(35,4)5)11-14-63(8)34(61)10-9-26-27-19-59(2,3)15-17-64(27,18-16-62(26,63)7)58(82)94-55-48(80)44(76)40(72)31(90-55)23-84-52-46(78)42(74)38(70)29(20-65)87-52/h9,25,27-57,65-81H,10-24H2,1-8H3/t25-,27-,28-,29+,30+,31+,32+,33-,34+,35-,36-,37-,38+,39+,40+,41-,42-,43-,44-,45+,46+,47+,48+,49+,50+,51+,52+,53-,54-,55-,56-,57-,61-,62+,63+,64-/m0/s1. The van der Waals surface area contributed by atoms with E-state index < -0.39 is 221 Å². The van der Waals surface area contributed by atoms with Gasteiger partial charge in [0.15, 0.2) is 31.5 Å². The van der Waals surface area contributed by atoms with Gasteiger partial charge in [0.1, 0.15) is 128 Å². The van der Waals surface area contributed by atoms with E-state index in [-0.39, 0.29) is 46.0 Å². The average Bonchev–Trinajstić information content (AvgIpc) is 0.676. The fourth-order valence-corrected chi connectivity index (χ4v) is 18.7. The molecule has 6 aliphatic heterocycles. The summed E-state index contributed by atoms with van der Waals surface area (Å²) in [6.07, 6.45) is -37.0. The maximum atomic E-state index is 15.2. The van der Waals surface area contributed by atoms with Crippen molar-refractivity contribution in [2.24, 2.45) is 50.2 Å². The van der Waals surface area contributed by atoms with Crippen LogP contribution in [0.2, 0.25) is 0 Å². The summed E-state index contributed by atoms with van der Waals surface area (Å²) in [5.41, 5.74) is -1.40. The number of ether oxygens (including phenoxy) is 12. The quantitative estimate of drug-likeness (QED) is 0.0421. The minimum atomic E-state index is -1.91. The highest BCUT2D eigenvalue weighted by Gasteiger charge is 2.70. The van der Waals surface area contributed by atoms with Crippen molar-refractivity contribution in [3.05, 3.63) is 11.6 Å². The van der Waals surface area contributed by atoms with Gasteiger partial charge in [-0.1, -0.05) is 60.1 Å². The number of esters is 1. The van der Waals surface area contributed by atoms with Gasteiger partial charge in [0.2, 0.25) is 6.29 Å². The van der Waals surface area contributed by atoms with E-state index >= 15 is 4.79 Å². The van der Waals surface area contributed by atoms with Crippen molar-refractivity contribution in [1.82, 2.24) is 0 Å². The molecule has 0 aromatic heterocycles. The van der Waals surface area contributed by atoms with Crippen molar-refractivity contribution >= 4 is 5.97 Å². The molecular weight excluding hydrogens is 1250 g/mol. The van der Waals surface area contributed by atoms with Crippen LogP contribution < -0.4 is 0 Å². The second-order valence-corrected chi connectivity index (χ2v) is 31.0. The number of hydrogen-bond acceptors (Lipinski definition) is 30. The lowest BCUT2D eigenvalue weighted by Gasteiger charge is -2.71. The van der Waals surface area contributed by atoms with Gasteiger partial charge in [0, 0.05) is 0 Å². The van der Waals surface area contributed by atoms with Crippen LogP contribution in [0, 0.1) is 50.2 Å². The fraction of sp³-hybridized carbons (Fsp3) is 0.953. The average molecular weight is 1350 g/mol. The number of rotatable bonds is 15. The molecule has 11 aliphatic rings. The molecule has 36 atom stereocenters. The van der Waals surface area contributed by atoms with E-state index in [9.17, 15) is 86.8 Å². The van der Waals surface area contributed by atoms with E-state index in [0.717, 1.165) is 25.7 Å². The van der Waals surface area contributed by atoms with E-state index in [1.165, 1.54) is 12.5 Å². The van der Waals surface area contributed by atoms with Gasteiger partial charge >= 0.3 is 5.97 Å². The number of carbonyl (C=O) groups excluding carboxylic acids is 1. The minimum Gasteiger partial charge on any atom is -0.432 e. The molecule has 0 radical (unpaired) electrons. The van der Waals surface area contributed by atoms with Gasteiger partial charge < -0.3 is 144 Å². The summed E-state index contributed by atoms with van der Waals surface area (Å²) in [5, 5.41) is 183. The first-order valence-corrected chi connectivity index (χ1v) is 33.5. The lowest BCUT2D eigenvalue weighted by atomic mass is 9.33. The van der Waals surface area contributed by atoms with E-state index in [0.29, 0.717) is 38.5 Å². The zero-order valence-electron chi connectivity index (χ0n) is 54.6. The Kier molecular flexibility index (Phi) is 21.4. The Morgan fingerprint density at radius 2 is 1.07 bits per heavy atom. The molecule has 4 saturated carbocycles. The summed E-state index contributed by atoms with van der Waals surface area (Å²) >= 11 is 0. The number of hydrogen-bond donors (Lipinski definition) is 17. The summed E-state index contributed by atoms with van der Waals surface area (Å²) in [7, 11) is 0. The molecule has 0 spiro atoms. The van der Waals surface area contributed by atoms with Gasteiger partial charge in [-0.2, -0.15) is 0 Å². The molecule has 10 fully saturated rings. The van der Waals surface area contributed by atoms with Crippen LogP contribution in [0.4, 0.5) is 0 Å². The summed E-state index contributed by atoms with van der Waals surface area (Å²) in [6, 6.07) is 0. The maximum absolute atomic E-state index is 15.2. The van der Waals surface area contributed by atoms with Crippen LogP contribution in [0.1, 0.15) is 120 Å². The predicted molar refractivity (Wildman–Crippen MR) is 315 cm³/mol. The normalized spacial score (nSPS) is 54.2. The molecule has 11 rings (SSSR count). The van der Waals surface area contributed by atoms with Crippen LogP contribution in [0.15, 0.2) is 11.6 Å². The highest BCUT2D eigenvalue weighted by atomic mass is 16.8. The monoisotopic (exact) mass is 1350 g/mol. The second-order valence-electron chi connectivity index (χ2n) is 31.0. The van der Waals surface area contributed by atoms with Crippen LogP contribution in [-0.4, -0.2) is 304 Å². The lowest BCUT2D eigenvalue weighted by molar-refractivity contribution is -0.382. The van der Waals surface area contributed by atoms with Crippen molar-refractivity contribution in [3.63, 3.8) is 0 Å². The van der Waals surface area contributed by atoms with Crippen molar-refractivity contribution in [1.29, 1.82) is 0 Å². The number of fused-ring (bicyclic) bond motifs is 7. The molecule has 6 heterocycles. The summed E-state index contributed by atoms with van der Waals surface area (Å²) in [6.45, 7) is 14.5.